The molecule has 5 nitrogen and oxygen atoms in total. The van der Waals surface area contributed by atoms with Crippen LogP contribution in [0.25, 0.3) is 0 Å². The Morgan fingerprint density at radius 1 is 1.21 bits per heavy atom. The smallest absolute Gasteiger partial charge is 0.330 e. The molecule has 2 amide bonds. The molecule has 0 saturated carbocycles. The minimum atomic E-state index is -0.101. The number of nitrogens with zero attached hydrogens (tertiary/aromatic N) is 4. The second kappa shape index (κ2) is 6.79. The molecule has 2 aliphatic rings. The quantitative estimate of drug-likeness (QED) is 0.858. The van der Waals surface area contributed by atoms with Gasteiger partial charge < -0.3 is 4.90 Å². The number of hydrogen-bond donors (Lipinski definition) is 0. The Morgan fingerprint density at radius 3 is 2.62 bits per heavy atom. The van der Waals surface area contributed by atoms with E-state index in [9.17, 15) is 10.1 Å². The summed E-state index contributed by atoms with van der Waals surface area (Å²) in [5.41, 5.74) is 2.16. The largest absolute Gasteiger partial charge is 0.358 e. The third-order valence-electron chi connectivity index (χ3n) is 4.67. The van der Waals surface area contributed by atoms with Crippen LogP contribution in [0.2, 0.25) is 0 Å². The first-order valence-electron chi connectivity index (χ1n) is 8.30. The number of allylic oxidation sites excluding steroid dienone is 1. The van der Waals surface area contributed by atoms with Crippen molar-refractivity contribution in [2.24, 2.45) is 0 Å². The third-order valence-corrected chi connectivity index (χ3v) is 4.67. The molecule has 124 valence electrons. The van der Waals surface area contributed by atoms with Gasteiger partial charge in [-0.1, -0.05) is 24.8 Å². The molecule has 1 saturated heterocycles. The van der Waals surface area contributed by atoms with Gasteiger partial charge in [-0.3, -0.25) is 9.80 Å². The summed E-state index contributed by atoms with van der Waals surface area (Å²) in [6.45, 7) is 6.28. The Morgan fingerprint density at radius 2 is 1.92 bits per heavy atom. The van der Waals surface area contributed by atoms with Crippen molar-refractivity contribution in [3.63, 3.8) is 0 Å². The van der Waals surface area contributed by atoms with E-state index in [0.29, 0.717) is 17.8 Å². The van der Waals surface area contributed by atoms with Gasteiger partial charge in [0.05, 0.1) is 18.2 Å². The lowest BCUT2D eigenvalue weighted by Gasteiger charge is -2.41. The van der Waals surface area contributed by atoms with E-state index in [1.54, 1.807) is 22.9 Å². The number of likely N-dealkylation sites (tertiary alicyclic amines) is 1. The summed E-state index contributed by atoms with van der Waals surface area (Å²) in [5, 5.41) is 9.32. The molecule has 1 aromatic carbocycles. The lowest BCUT2D eigenvalue weighted by atomic mass is 10.1. The second-order valence-corrected chi connectivity index (χ2v) is 6.24. The topological polar surface area (TPSA) is 50.6 Å². The van der Waals surface area contributed by atoms with E-state index in [1.165, 1.54) is 6.42 Å². The highest BCUT2D eigenvalue weighted by atomic mass is 16.2. The van der Waals surface area contributed by atoms with Gasteiger partial charge in [-0.2, -0.15) is 5.26 Å². The van der Waals surface area contributed by atoms with Gasteiger partial charge in [-0.25, -0.2) is 4.79 Å². The van der Waals surface area contributed by atoms with Gasteiger partial charge in [0.2, 0.25) is 0 Å². The maximum Gasteiger partial charge on any atom is 0.330 e. The Hall–Kier alpha value is -2.74. The predicted octanol–water partition coefficient (Wildman–Crippen LogP) is 3.27. The normalized spacial score (nSPS) is 18.5. The van der Waals surface area contributed by atoms with Crippen LogP contribution in [0, 0.1) is 11.3 Å². The number of carbonyl (C=O) groups excluding carboxylic acids is 1. The summed E-state index contributed by atoms with van der Waals surface area (Å²) >= 11 is 0. The van der Waals surface area contributed by atoms with Gasteiger partial charge in [0.15, 0.2) is 0 Å². The molecule has 5 heteroatoms. The SMILES string of the molecule is C=C1C=C(N2CCCCC2)N(Cc2ccccc2C#N)C(=O)N1C. The van der Waals surface area contributed by atoms with Crippen molar-refractivity contribution < 1.29 is 4.79 Å². The van der Waals surface area contributed by atoms with E-state index < -0.39 is 0 Å². The Labute approximate surface area is 143 Å². The first-order valence-corrected chi connectivity index (χ1v) is 8.30. The third kappa shape index (κ3) is 3.00. The summed E-state index contributed by atoms with van der Waals surface area (Å²) in [4.78, 5) is 18.4. The van der Waals surface area contributed by atoms with Crippen molar-refractivity contribution in [1.29, 1.82) is 5.26 Å². The fourth-order valence-corrected chi connectivity index (χ4v) is 3.20. The van der Waals surface area contributed by atoms with Gasteiger partial charge in [0.25, 0.3) is 0 Å². The lowest BCUT2D eigenvalue weighted by Crippen LogP contribution is -2.48. The van der Waals surface area contributed by atoms with Gasteiger partial charge in [-0.15, -0.1) is 0 Å². The van der Waals surface area contributed by atoms with Crippen LogP contribution < -0.4 is 0 Å². The summed E-state index contributed by atoms with van der Waals surface area (Å²) in [6.07, 6.45) is 5.48. The number of hydrogen-bond acceptors (Lipinski definition) is 3. The van der Waals surface area contributed by atoms with Crippen molar-refractivity contribution in [2.75, 3.05) is 20.1 Å². The Balaban J connectivity index is 1.95. The van der Waals surface area contributed by atoms with Crippen LogP contribution >= 0.6 is 0 Å². The molecule has 0 N–H and O–H groups in total. The first kappa shape index (κ1) is 16.1. The fourth-order valence-electron chi connectivity index (χ4n) is 3.20. The molecule has 0 unspecified atom stereocenters. The molecule has 1 aromatic rings. The molecule has 0 atom stereocenters. The molecule has 0 aromatic heterocycles. The Bertz CT molecular complexity index is 725. The van der Waals surface area contributed by atoms with Gasteiger partial charge in [-0.05, 0) is 30.9 Å². The zero-order valence-electron chi connectivity index (χ0n) is 14.0. The monoisotopic (exact) mass is 322 g/mol. The molecule has 3 rings (SSSR count). The van der Waals surface area contributed by atoms with Gasteiger partial charge in [0, 0.05) is 31.9 Å². The highest BCUT2D eigenvalue weighted by Gasteiger charge is 2.31. The molecular formula is C19H22N4O. The van der Waals surface area contributed by atoms with Crippen LogP contribution in [0.15, 0.2) is 48.4 Å². The van der Waals surface area contributed by atoms with Crippen LogP contribution in [0.3, 0.4) is 0 Å². The number of urea groups is 1. The molecule has 0 bridgehead atoms. The fraction of sp³-hybridized carbons (Fsp3) is 0.368. The molecule has 1 fully saturated rings. The van der Waals surface area contributed by atoms with E-state index >= 15 is 0 Å². The summed E-state index contributed by atoms with van der Waals surface area (Å²) < 4.78 is 0. The molecule has 2 aliphatic heterocycles. The van der Waals surface area contributed by atoms with Crippen LogP contribution in [-0.4, -0.2) is 40.9 Å². The van der Waals surface area contributed by atoms with Crippen LogP contribution in [0.4, 0.5) is 4.79 Å². The highest BCUT2D eigenvalue weighted by Crippen LogP contribution is 2.27. The minimum absolute atomic E-state index is 0.101. The van der Waals surface area contributed by atoms with Crippen molar-refractivity contribution in [1.82, 2.24) is 14.7 Å². The highest BCUT2D eigenvalue weighted by molar-refractivity contribution is 5.80. The van der Waals surface area contributed by atoms with E-state index in [0.717, 1.165) is 37.3 Å². The number of nitriles is 1. The maximum absolute atomic E-state index is 12.8. The van der Waals surface area contributed by atoms with Crippen LogP contribution in [0.5, 0.6) is 0 Å². The van der Waals surface area contributed by atoms with E-state index in [1.807, 2.05) is 24.3 Å². The van der Waals surface area contributed by atoms with Crippen molar-refractivity contribution >= 4 is 6.03 Å². The number of benzene rings is 1. The number of piperidine rings is 1. The summed E-state index contributed by atoms with van der Waals surface area (Å²) in [7, 11) is 1.73. The standard InChI is InChI=1S/C19H22N4O/c1-15-12-18(22-10-6-3-7-11-22)23(19(24)21(15)2)14-17-9-5-4-8-16(17)13-20/h4-5,8-9,12H,1,3,6-7,10-11,14H2,2H3. The number of rotatable bonds is 3. The zero-order chi connectivity index (χ0) is 17.1. The van der Waals surface area contributed by atoms with Gasteiger partial charge >= 0.3 is 6.03 Å². The summed E-state index contributed by atoms with van der Waals surface area (Å²) in [5.74, 6) is 0.899. The van der Waals surface area contributed by atoms with Crippen LogP contribution in [-0.2, 0) is 6.54 Å². The molecule has 2 heterocycles. The molecule has 0 radical (unpaired) electrons. The molecule has 0 aliphatic carbocycles. The first-order chi connectivity index (χ1) is 11.6. The number of likely N-dealkylation sites (N-methyl/N-ethyl adjacent to an activating group) is 1. The van der Waals surface area contributed by atoms with Crippen molar-refractivity contribution in [3.05, 3.63) is 59.6 Å². The minimum Gasteiger partial charge on any atom is -0.358 e. The zero-order valence-corrected chi connectivity index (χ0v) is 14.0. The van der Waals surface area contributed by atoms with Gasteiger partial charge in [0.1, 0.15) is 5.82 Å². The molecular weight excluding hydrogens is 300 g/mol. The van der Waals surface area contributed by atoms with Crippen molar-refractivity contribution in [3.8, 4) is 6.07 Å². The summed E-state index contributed by atoms with van der Waals surface area (Å²) in [6, 6.07) is 9.55. The molecule has 0 spiro atoms. The van der Waals surface area contributed by atoms with E-state index in [4.69, 9.17) is 0 Å². The maximum atomic E-state index is 12.8. The van der Waals surface area contributed by atoms with Crippen LogP contribution in [0.1, 0.15) is 30.4 Å². The van der Waals surface area contributed by atoms with Crippen molar-refractivity contribution in [2.45, 2.75) is 25.8 Å². The number of amides is 2. The Kier molecular flexibility index (Phi) is 4.57. The molecule has 24 heavy (non-hydrogen) atoms. The second-order valence-electron chi connectivity index (χ2n) is 6.24. The van der Waals surface area contributed by atoms with E-state index in [2.05, 4.69) is 17.5 Å². The number of carbonyl (C=O) groups is 1. The predicted molar refractivity (Wildman–Crippen MR) is 92.5 cm³/mol. The average molecular weight is 322 g/mol. The lowest BCUT2D eigenvalue weighted by molar-refractivity contribution is 0.145. The van der Waals surface area contributed by atoms with E-state index in [-0.39, 0.29) is 6.03 Å². The average Bonchev–Trinajstić information content (AvgIpc) is 2.63.